The molecule has 2 heterocycles. The third kappa shape index (κ3) is 2.63. The van der Waals surface area contributed by atoms with Crippen LogP contribution in [0.25, 0.3) is 0 Å². The molecule has 104 valence electrons. The summed E-state index contributed by atoms with van der Waals surface area (Å²) in [5.74, 6) is 0. The van der Waals surface area contributed by atoms with Crippen LogP contribution >= 0.6 is 0 Å². The van der Waals surface area contributed by atoms with E-state index in [1.165, 1.54) is 37.2 Å². The minimum absolute atomic E-state index is 0.545. The highest BCUT2D eigenvalue weighted by molar-refractivity contribution is 5.56. The third-order valence-electron chi connectivity index (χ3n) is 4.50. The molecule has 3 heteroatoms. The molecule has 1 aromatic rings. The summed E-state index contributed by atoms with van der Waals surface area (Å²) in [6.45, 7) is 8.47. The molecule has 0 saturated carbocycles. The van der Waals surface area contributed by atoms with Crippen LogP contribution in [0.4, 0.5) is 5.69 Å². The van der Waals surface area contributed by atoms with Crippen molar-refractivity contribution in [3.8, 4) is 0 Å². The van der Waals surface area contributed by atoms with Crippen molar-refractivity contribution in [3.63, 3.8) is 0 Å². The number of nitrogens with zero attached hydrogens (tertiary/aromatic N) is 1. The van der Waals surface area contributed by atoms with Crippen LogP contribution in [0.15, 0.2) is 24.3 Å². The lowest BCUT2D eigenvalue weighted by molar-refractivity contribution is -0.000244. The van der Waals surface area contributed by atoms with Gasteiger partial charge in [-0.15, -0.1) is 0 Å². The van der Waals surface area contributed by atoms with Crippen molar-refractivity contribution < 1.29 is 4.74 Å². The number of hydrogen-bond acceptors (Lipinski definition) is 3. The average Bonchev–Trinajstić information content (AvgIpc) is 2.44. The molecule has 1 N–H and O–H groups in total. The van der Waals surface area contributed by atoms with Gasteiger partial charge in [0.05, 0.1) is 0 Å². The maximum atomic E-state index is 5.49. The molecule has 0 bridgehead atoms. The van der Waals surface area contributed by atoms with Crippen LogP contribution in [-0.4, -0.2) is 32.8 Å². The zero-order chi connectivity index (χ0) is 13.1. The summed E-state index contributed by atoms with van der Waals surface area (Å²) in [6, 6.07) is 8.80. The highest BCUT2D eigenvalue weighted by atomic mass is 16.5. The number of benzene rings is 1. The molecule has 0 aromatic heterocycles. The normalized spacial score (nSPS) is 21.4. The summed E-state index contributed by atoms with van der Waals surface area (Å²) in [5.41, 5.74) is 3.38. The molecule has 0 unspecified atom stereocenters. The number of hydrogen-bond donors (Lipinski definition) is 1. The molecule has 0 atom stereocenters. The fourth-order valence-electron chi connectivity index (χ4n) is 3.28. The van der Waals surface area contributed by atoms with Gasteiger partial charge in [0.2, 0.25) is 0 Å². The second-order valence-electron chi connectivity index (χ2n) is 5.88. The average molecular weight is 260 g/mol. The van der Waals surface area contributed by atoms with Crippen molar-refractivity contribution in [2.24, 2.45) is 5.41 Å². The van der Waals surface area contributed by atoms with Gasteiger partial charge in [0.1, 0.15) is 0 Å². The van der Waals surface area contributed by atoms with Crippen LogP contribution in [0, 0.1) is 5.41 Å². The number of ether oxygens (including phenoxy) is 1. The maximum absolute atomic E-state index is 5.49. The first-order chi connectivity index (χ1) is 9.33. The lowest BCUT2D eigenvalue weighted by atomic mass is 9.73. The summed E-state index contributed by atoms with van der Waals surface area (Å²) in [6.07, 6.45) is 2.47. The van der Waals surface area contributed by atoms with Gasteiger partial charge in [0.15, 0.2) is 0 Å². The van der Waals surface area contributed by atoms with E-state index in [4.69, 9.17) is 4.74 Å². The molecule has 0 radical (unpaired) electrons. The van der Waals surface area contributed by atoms with Gasteiger partial charge >= 0.3 is 0 Å². The van der Waals surface area contributed by atoms with Gasteiger partial charge in [0.25, 0.3) is 0 Å². The van der Waals surface area contributed by atoms with Crippen LogP contribution in [0.1, 0.15) is 25.3 Å². The Kier molecular flexibility index (Phi) is 3.76. The Labute approximate surface area is 115 Å². The first kappa shape index (κ1) is 12.9. The number of nitrogens with one attached hydrogen (secondary N) is 1. The summed E-state index contributed by atoms with van der Waals surface area (Å²) in [7, 11) is 0. The third-order valence-corrected chi connectivity index (χ3v) is 4.50. The first-order valence-electron chi connectivity index (χ1n) is 7.44. The van der Waals surface area contributed by atoms with E-state index in [0.717, 1.165) is 26.3 Å². The molecular weight excluding hydrogens is 236 g/mol. The van der Waals surface area contributed by atoms with Gasteiger partial charge in [-0.1, -0.05) is 25.1 Å². The van der Waals surface area contributed by atoms with Gasteiger partial charge in [-0.2, -0.15) is 0 Å². The predicted octanol–water partition coefficient (Wildman–Crippen LogP) is 2.41. The molecule has 1 spiro atoms. The van der Waals surface area contributed by atoms with Crippen LogP contribution < -0.4 is 10.2 Å². The fraction of sp³-hybridized carbons (Fsp3) is 0.625. The number of rotatable bonds is 4. The summed E-state index contributed by atoms with van der Waals surface area (Å²) < 4.78 is 5.49. The van der Waals surface area contributed by atoms with E-state index in [1.807, 2.05) is 0 Å². The van der Waals surface area contributed by atoms with Crippen LogP contribution in [0.5, 0.6) is 0 Å². The Morgan fingerprint density at radius 3 is 2.68 bits per heavy atom. The monoisotopic (exact) mass is 260 g/mol. The molecule has 2 aliphatic heterocycles. The van der Waals surface area contributed by atoms with E-state index in [0.29, 0.717) is 5.41 Å². The minimum Gasteiger partial charge on any atom is -0.381 e. The Morgan fingerprint density at radius 2 is 1.95 bits per heavy atom. The van der Waals surface area contributed by atoms with Crippen LogP contribution in [-0.2, 0) is 11.3 Å². The quantitative estimate of drug-likeness (QED) is 0.900. The van der Waals surface area contributed by atoms with Gasteiger partial charge < -0.3 is 15.0 Å². The topological polar surface area (TPSA) is 24.5 Å². The van der Waals surface area contributed by atoms with Gasteiger partial charge in [-0.3, -0.25) is 0 Å². The molecule has 2 aliphatic rings. The zero-order valence-electron chi connectivity index (χ0n) is 11.8. The number of anilines is 1. The predicted molar refractivity (Wildman–Crippen MR) is 78.5 cm³/mol. The second-order valence-corrected chi connectivity index (χ2v) is 5.88. The molecule has 3 nitrogen and oxygen atoms in total. The SMILES string of the molecule is CCNCc1ccccc1N1CC2(CCOCC2)C1. The Balaban J connectivity index is 1.67. The lowest BCUT2D eigenvalue weighted by Crippen LogP contribution is -2.58. The Hall–Kier alpha value is -1.06. The van der Waals surface area contributed by atoms with Crippen molar-refractivity contribution >= 4 is 5.69 Å². The van der Waals surface area contributed by atoms with E-state index >= 15 is 0 Å². The molecule has 3 rings (SSSR count). The highest BCUT2D eigenvalue weighted by Gasteiger charge is 2.44. The van der Waals surface area contributed by atoms with Crippen molar-refractivity contribution in [1.82, 2.24) is 5.32 Å². The zero-order valence-corrected chi connectivity index (χ0v) is 11.8. The Morgan fingerprint density at radius 1 is 1.21 bits per heavy atom. The van der Waals surface area contributed by atoms with E-state index < -0.39 is 0 Å². The molecule has 1 aromatic carbocycles. The van der Waals surface area contributed by atoms with Crippen molar-refractivity contribution in [2.45, 2.75) is 26.3 Å². The number of para-hydroxylation sites is 1. The van der Waals surface area contributed by atoms with Crippen LogP contribution in [0.3, 0.4) is 0 Å². The van der Waals surface area contributed by atoms with Crippen molar-refractivity contribution in [3.05, 3.63) is 29.8 Å². The Bertz CT molecular complexity index is 419. The summed E-state index contributed by atoms with van der Waals surface area (Å²) in [5, 5.41) is 3.43. The molecule has 2 fully saturated rings. The molecule has 0 amide bonds. The largest absolute Gasteiger partial charge is 0.381 e. The summed E-state index contributed by atoms with van der Waals surface area (Å²) in [4.78, 5) is 2.54. The standard InChI is InChI=1S/C16H24N2O/c1-2-17-11-14-5-3-4-6-15(14)18-12-16(13-18)7-9-19-10-8-16/h3-6,17H,2,7-13H2,1H3. The van der Waals surface area contributed by atoms with E-state index in [1.54, 1.807) is 0 Å². The molecular formula is C16H24N2O. The van der Waals surface area contributed by atoms with Crippen molar-refractivity contribution in [2.75, 3.05) is 37.7 Å². The highest BCUT2D eigenvalue weighted by Crippen LogP contribution is 2.42. The summed E-state index contributed by atoms with van der Waals surface area (Å²) >= 11 is 0. The smallest absolute Gasteiger partial charge is 0.0472 e. The van der Waals surface area contributed by atoms with E-state index in [-0.39, 0.29) is 0 Å². The van der Waals surface area contributed by atoms with E-state index in [2.05, 4.69) is 41.4 Å². The molecule has 19 heavy (non-hydrogen) atoms. The maximum Gasteiger partial charge on any atom is 0.0472 e. The van der Waals surface area contributed by atoms with Gasteiger partial charge in [0, 0.05) is 44.0 Å². The van der Waals surface area contributed by atoms with Gasteiger partial charge in [-0.05, 0) is 31.0 Å². The lowest BCUT2D eigenvalue weighted by Gasteiger charge is -2.53. The second kappa shape index (κ2) is 5.51. The molecule has 0 aliphatic carbocycles. The molecule has 2 saturated heterocycles. The van der Waals surface area contributed by atoms with Gasteiger partial charge in [-0.25, -0.2) is 0 Å². The fourth-order valence-corrected chi connectivity index (χ4v) is 3.28. The minimum atomic E-state index is 0.545. The first-order valence-corrected chi connectivity index (χ1v) is 7.44. The van der Waals surface area contributed by atoms with Crippen LogP contribution in [0.2, 0.25) is 0 Å². The van der Waals surface area contributed by atoms with Crippen molar-refractivity contribution in [1.29, 1.82) is 0 Å². The van der Waals surface area contributed by atoms with E-state index in [9.17, 15) is 0 Å².